The molecule has 8 nitrogen and oxygen atoms in total. The zero-order valence-corrected chi connectivity index (χ0v) is 16.8. The average molecular weight is 399 g/mol. The number of benzene rings is 2. The predicted molar refractivity (Wildman–Crippen MR) is 110 cm³/mol. The fourth-order valence-corrected chi connectivity index (χ4v) is 2.92. The van der Waals surface area contributed by atoms with Crippen LogP contribution in [0.5, 0.6) is 0 Å². The van der Waals surface area contributed by atoms with Gasteiger partial charge in [0.05, 0.1) is 18.1 Å². The molecule has 0 heterocycles. The topological polar surface area (TPSA) is 111 Å². The molecule has 0 radical (unpaired) electrons. The Morgan fingerprint density at radius 2 is 1.72 bits per heavy atom. The Bertz CT molecular complexity index is 883. The highest BCUT2D eigenvalue weighted by Crippen LogP contribution is 2.32. The van der Waals surface area contributed by atoms with Gasteiger partial charge in [-0.2, -0.15) is 0 Å². The first-order valence-electron chi connectivity index (χ1n) is 9.23. The van der Waals surface area contributed by atoms with Gasteiger partial charge in [-0.05, 0) is 30.5 Å². The molecule has 0 fully saturated rings. The number of carbonyl (C=O) groups excluding carboxylic acids is 2. The van der Waals surface area contributed by atoms with Crippen LogP contribution in [0.1, 0.15) is 42.7 Å². The number of anilines is 1. The number of nitro benzene ring substituents is 1. The molecule has 0 bridgehead atoms. The summed E-state index contributed by atoms with van der Waals surface area (Å²) in [6.07, 6.45) is 0. The molecule has 0 aliphatic heterocycles. The molecule has 2 rings (SSSR count). The van der Waals surface area contributed by atoms with E-state index in [-0.39, 0.29) is 23.2 Å². The van der Waals surface area contributed by atoms with Crippen molar-refractivity contribution in [3.63, 3.8) is 0 Å². The zero-order valence-electron chi connectivity index (χ0n) is 16.8. The number of amides is 1. The third-order valence-electron chi connectivity index (χ3n) is 4.50. The van der Waals surface area contributed by atoms with Crippen molar-refractivity contribution in [2.45, 2.75) is 32.9 Å². The summed E-state index contributed by atoms with van der Waals surface area (Å²) in [4.78, 5) is 34.9. The standard InChI is InChI=1S/C21H25N3O5/c1-13(2)19(15-8-6-5-7-9-15)23-17-11-10-16(12-18(17)24(27)28)20(25)22-14(3)21(26)29-4/h5-14,19,23H,1-4H3,(H,22,25). The van der Waals surface area contributed by atoms with E-state index in [0.717, 1.165) is 5.56 Å². The molecule has 2 N–H and O–H groups in total. The second-order valence-electron chi connectivity index (χ2n) is 6.98. The normalized spacial score (nSPS) is 12.7. The molecule has 8 heteroatoms. The van der Waals surface area contributed by atoms with Crippen molar-refractivity contribution in [3.05, 3.63) is 69.8 Å². The van der Waals surface area contributed by atoms with Gasteiger partial charge in [0.1, 0.15) is 11.7 Å². The highest BCUT2D eigenvalue weighted by atomic mass is 16.6. The quantitative estimate of drug-likeness (QED) is 0.398. The van der Waals surface area contributed by atoms with Crippen LogP contribution in [0.25, 0.3) is 0 Å². The summed E-state index contributed by atoms with van der Waals surface area (Å²) in [7, 11) is 1.22. The molecule has 2 aromatic carbocycles. The van der Waals surface area contributed by atoms with Gasteiger partial charge in [0.25, 0.3) is 11.6 Å². The van der Waals surface area contributed by atoms with E-state index in [4.69, 9.17) is 0 Å². The van der Waals surface area contributed by atoms with Crippen LogP contribution < -0.4 is 10.6 Å². The summed E-state index contributed by atoms with van der Waals surface area (Å²) in [5.74, 6) is -1.03. The van der Waals surface area contributed by atoms with Gasteiger partial charge in [0, 0.05) is 11.6 Å². The minimum absolute atomic E-state index is 0.0822. The van der Waals surface area contributed by atoms with Crippen LogP contribution in [0.3, 0.4) is 0 Å². The highest BCUT2D eigenvalue weighted by molar-refractivity contribution is 5.97. The Hall–Kier alpha value is -3.42. The lowest BCUT2D eigenvalue weighted by Gasteiger charge is -2.24. The number of nitrogens with one attached hydrogen (secondary N) is 2. The van der Waals surface area contributed by atoms with E-state index in [1.165, 1.54) is 32.2 Å². The van der Waals surface area contributed by atoms with Crippen LogP contribution in [-0.2, 0) is 9.53 Å². The van der Waals surface area contributed by atoms with Crippen molar-refractivity contribution in [2.24, 2.45) is 5.92 Å². The molecule has 29 heavy (non-hydrogen) atoms. The monoisotopic (exact) mass is 399 g/mol. The van der Waals surface area contributed by atoms with E-state index in [9.17, 15) is 19.7 Å². The van der Waals surface area contributed by atoms with Crippen molar-refractivity contribution in [1.29, 1.82) is 0 Å². The summed E-state index contributed by atoms with van der Waals surface area (Å²) in [5, 5.41) is 17.3. The molecule has 0 spiro atoms. The maximum Gasteiger partial charge on any atom is 0.328 e. The van der Waals surface area contributed by atoms with Crippen molar-refractivity contribution < 1.29 is 19.2 Å². The van der Waals surface area contributed by atoms with E-state index < -0.39 is 22.8 Å². The fraction of sp³-hybridized carbons (Fsp3) is 0.333. The lowest BCUT2D eigenvalue weighted by Crippen LogP contribution is -2.39. The molecule has 0 aromatic heterocycles. The van der Waals surface area contributed by atoms with Crippen molar-refractivity contribution >= 4 is 23.3 Å². The number of hydrogen-bond acceptors (Lipinski definition) is 6. The molecule has 154 valence electrons. The van der Waals surface area contributed by atoms with Gasteiger partial charge in [-0.1, -0.05) is 44.2 Å². The van der Waals surface area contributed by atoms with Crippen molar-refractivity contribution in [1.82, 2.24) is 5.32 Å². The molecule has 2 atom stereocenters. The van der Waals surface area contributed by atoms with Gasteiger partial charge >= 0.3 is 5.97 Å². The summed E-state index contributed by atoms with van der Waals surface area (Å²) in [6, 6.07) is 12.8. The Morgan fingerprint density at radius 1 is 1.07 bits per heavy atom. The van der Waals surface area contributed by atoms with E-state index in [0.29, 0.717) is 5.69 Å². The van der Waals surface area contributed by atoms with E-state index in [2.05, 4.69) is 15.4 Å². The number of hydrogen-bond donors (Lipinski definition) is 2. The van der Waals surface area contributed by atoms with Gasteiger partial charge in [-0.3, -0.25) is 14.9 Å². The minimum Gasteiger partial charge on any atom is -0.467 e. The Morgan fingerprint density at radius 3 is 2.28 bits per heavy atom. The Labute approximate surface area is 169 Å². The smallest absolute Gasteiger partial charge is 0.328 e. The number of rotatable bonds is 8. The second-order valence-corrected chi connectivity index (χ2v) is 6.98. The molecule has 1 amide bonds. The Balaban J connectivity index is 2.31. The average Bonchev–Trinajstić information content (AvgIpc) is 2.71. The van der Waals surface area contributed by atoms with Gasteiger partial charge in [-0.25, -0.2) is 4.79 Å². The maximum atomic E-state index is 12.4. The minimum atomic E-state index is -0.868. The van der Waals surface area contributed by atoms with Crippen LogP contribution in [0.15, 0.2) is 48.5 Å². The Kier molecular flexibility index (Phi) is 7.30. The summed E-state index contributed by atoms with van der Waals surface area (Å²) >= 11 is 0. The number of esters is 1. The van der Waals surface area contributed by atoms with Crippen LogP contribution in [0.2, 0.25) is 0 Å². The molecule has 2 aromatic rings. The summed E-state index contributed by atoms with van der Waals surface area (Å²) < 4.78 is 4.57. The predicted octanol–water partition coefficient (Wildman–Crippen LogP) is 3.70. The van der Waals surface area contributed by atoms with Crippen molar-refractivity contribution in [2.75, 3.05) is 12.4 Å². The third kappa shape index (κ3) is 5.54. The van der Waals surface area contributed by atoms with Gasteiger partial charge in [0.15, 0.2) is 0 Å². The number of nitro groups is 1. The molecule has 0 saturated heterocycles. The second kappa shape index (κ2) is 9.68. The molecule has 0 aliphatic rings. The van der Waals surface area contributed by atoms with Crippen LogP contribution in [0.4, 0.5) is 11.4 Å². The molecule has 2 unspecified atom stereocenters. The summed E-state index contributed by atoms with van der Waals surface area (Å²) in [5.41, 5.74) is 1.18. The highest BCUT2D eigenvalue weighted by Gasteiger charge is 2.24. The maximum absolute atomic E-state index is 12.4. The SMILES string of the molecule is COC(=O)C(C)NC(=O)c1ccc(NC(c2ccccc2)C(C)C)c([N+](=O)[O-])c1. The molecule has 0 saturated carbocycles. The summed E-state index contributed by atoms with van der Waals surface area (Å²) in [6.45, 7) is 5.51. The van der Waals surface area contributed by atoms with E-state index >= 15 is 0 Å². The fourth-order valence-electron chi connectivity index (χ4n) is 2.92. The largest absolute Gasteiger partial charge is 0.467 e. The number of nitrogens with zero attached hydrogens (tertiary/aromatic N) is 1. The van der Waals surface area contributed by atoms with Crippen molar-refractivity contribution in [3.8, 4) is 0 Å². The first-order chi connectivity index (χ1) is 13.7. The number of ether oxygens (including phenoxy) is 1. The molecular formula is C21H25N3O5. The first-order valence-corrected chi connectivity index (χ1v) is 9.23. The van der Waals surface area contributed by atoms with Gasteiger partial charge in [-0.15, -0.1) is 0 Å². The van der Waals surface area contributed by atoms with Crippen LogP contribution in [-0.4, -0.2) is 30.0 Å². The third-order valence-corrected chi connectivity index (χ3v) is 4.50. The van der Waals surface area contributed by atoms with Gasteiger partial charge in [0.2, 0.25) is 0 Å². The number of carbonyl (C=O) groups is 2. The molecular weight excluding hydrogens is 374 g/mol. The van der Waals surface area contributed by atoms with E-state index in [1.807, 2.05) is 44.2 Å². The lowest BCUT2D eigenvalue weighted by atomic mass is 9.95. The van der Waals surface area contributed by atoms with Gasteiger partial charge < -0.3 is 15.4 Å². The van der Waals surface area contributed by atoms with Crippen LogP contribution >= 0.6 is 0 Å². The molecule has 0 aliphatic carbocycles. The van der Waals surface area contributed by atoms with E-state index in [1.54, 1.807) is 0 Å². The first kappa shape index (κ1) is 21.9. The zero-order chi connectivity index (χ0) is 21.6. The van der Waals surface area contributed by atoms with Crippen LogP contribution in [0, 0.1) is 16.0 Å². The lowest BCUT2D eigenvalue weighted by molar-refractivity contribution is -0.384. The number of methoxy groups -OCH3 is 1.